The summed E-state index contributed by atoms with van der Waals surface area (Å²) >= 11 is 0. The summed E-state index contributed by atoms with van der Waals surface area (Å²) in [5, 5.41) is 8.40. The Morgan fingerprint density at radius 1 is 1.57 bits per heavy atom. The van der Waals surface area contributed by atoms with Crippen LogP contribution in [0.3, 0.4) is 0 Å². The Bertz CT molecular complexity index is 313. The van der Waals surface area contributed by atoms with Crippen molar-refractivity contribution in [3.05, 3.63) is 18.3 Å². The summed E-state index contributed by atoms with van der Waals surface area (Å²) in [6, 6.07) is 3.37. The van der Waals surface area contributed by atoms with E-state index in [1.165, 1.54) is 6.20 Å². The van der Waals surface area contributed by atoms with E-state index < -0.39 is 12.6 Å². The second-order valence-electron chi connectivity index (χ2n) is 2.42. The topological polar surface area (TPSA) is 68.7 Å². The largest absolute Gasteiger partial charge is 0.488 e. The molecule has 0 aliphatic heterocycles. The van der Waals surface area contributed by atoms with Gasteiger partial charge in [-0.3, -0.25) is 0 Å². The molecular formula is C9H11NO4. The number of carboxylic acid groups (broad SMARTS) is 1. The van der Waals surface area contributed by atoms with Crippen molar-refractivity contribution in [2.75, 3.05) is 13.2 Å². The third-order valence-electron chi connectivity index (χ3n) is 1.37. The maximum Gasteiger partial charge on any atom is 0.341 e. The first-order chi connectivity index (χ1) is 6.74. The molecule has 14 heavy (non-hydrogen) atoms. The minimum Gasteiger partial charge on any atom is -0.488 e. The van der Waals surface area contributed by atoms with E-state index in [-0.39, 0.29) is 5.88 Å². The summed E-state index contributed by atoms with van der Waals surface area (Å²) in [7, 11) is 0. The number of carboxylic acids is 1. The molecule has 1 heterocycles. The molecule has 0 radical (unpaired) electrons. The number of ether oxygens (including phenoxy) is 2. The van der Waals surface area contributed by atoms with Gasteiger partial charge in [-0.25, -0.2) is 9.78 Å². The van der Waals surface area contributed by atoms with E-state index in [1.807, 2.05) is 6.92 Å². The van der Waals surface area contributed by atoms with Gasteiger partial charge in [0.15, 0.2) is 12.4 Å². The first kappa shape index (κ1) is 10.3. The van der Waals surface area contributed by atoms with E-state index in [1.54, 1.807) is 12.1 Å². The highest BCUT2D eigenvalue weighted by molar-refractivity contribution is 5.68. The first-order valence-corrected chi connectivity index (χ1v) is 4.16. The molecule has 0 saturated heterocycles. The average Bonchev–Trinajstić information content (AvgIpc) is 2.17. The number of nitrogens with zero attached hydrogens (tertiary/aromatic N) is 1. The smallest absolute Gasteiger partial charge is 0.341 e. The number of rotatable bonds is 5. The van der Waals surface area contributed by atoms with E-state index in [2.05, 4.69) is 4.98 Å². The molecule has 0 bridgehead atoms. The molecule has 1 aromatic rings. The molecule has 0 unspecified atom stereocenters. The van der Waals surface area contributed by atoms with Crippen LogP contribution in [0, 0.1) is 0 Å². The standard InChI is InChI=1S/C9H11NO4/c1-2-13-7-4-3-5-10-9(7)14-6-8(11)12/h3-5H,2,6H2,1H3,(H,11,12). The van der Waals surface area contributed by atoms with E-state index in [0.717, 1.165) is 0 Å². The van der Waals surface area contributed by atoms with Crippen LogP contribution in [0.1, 0.15) is 6.92 Å². The minimum absolute atomic E-state index is 0.205. The lowest BCUT2D eigenvalue weighted by Gasteiger charge is -2.07. The fraction of sp³-hybridized carbons (Fsp3) is 0.333. The van der Waals surface area contributed by atoms with Gasteiger partial charge in [-0.2, -0.15) is 0 Å². The highest BCUT2D eigenvalue weighted by atomic mass is 16.5. The van der Waals surface area contributed by atoms with Crippen molar-refractivity contribution in [3.8, 4) is 11.6 Å². The third kappa shape index (κ3) is 2.93. The van der Waals surface area contributed by atoms with Gasteiger partial charge < -0.3 is 14.6 Å². The summed E-state index contributed by atoms with van der Waals surface area (Å²) in [6.07, 6.45) is 1.51. The molecule has 0 spiro atoms. The number of carbonyl (C=O) groups is 1. The predicted molar refractivity (Wildman–Crippen MR) is 48.5 cm³/mol. The SMILES string of the molecule is CCOc1cccnc1OCC(=O)O. The van der Waals surface area contributed by atoms with E-state index >= 15 is 0 Å². The van der Waals surface area contributed by atoms with Crippen LogP contribution in [0.2, 0.25) is 0 Å². The minimum atomic E-state index is -1.04. The molecule has 0 saturated carbocycles. The second kappa shape index (κ2) is 5.06. The van der Waals surface area contributed by atoms with Gasteiger partial charge in [-0.05, 0) is 19.1 Å². The Morgan fingerprint density at radius 3 is 3.00 bits per heavy atom. The Hall–Kier alpha value is -1.78. The van der Waals surface area contributed by atoms with Crippen LogP contribution in [0.15, 0.2) is 18.3 Å². The van der Waals surface area contributed by atoms with Gasteiger partial charge in [-0.1, -0.05) is 0 Å². The van der Waals surface area contributed by atoms with E-state index in [0.29, 0.717) is 12.4 Å². The lowest BCUT2D eigenvalue weighted by atomic mass is 10.4. The van der Waals surface area contributed by atoms with E-state index in [9.17, 15) is 4.79 Å². The van der Waals surface area contributed by atoms with Gasteiger partial charge in [0.25, 0.3) is 5.88 Å². The lowest BCUT2D eigenvalue weighted by molar-refractivity contribution is -0.139. The predicted octanol–water partition coefficient (Wildman–Crippen LogP) is 0.944. The van der Waals surface area contributed by atoms with Gasteiger partial charge in [0.05, 0.1) is 6.61 Å². The average molecular weight is 197 g/mol. The summed E-state index contributed by atoms with van der Waals surface area (Å²) in [4.78, 5) is 14.1. The summed E-state index contributed by atoms with van der Waals surface area (Å²) in [5.74, 6) is -0.383. The first-order valence-electron chi connectivity index (χ1n) is 4.16. The van der Waals surface area contributed by atoms with Gasteiger partial charge in [0.2, 0.25) is 0 Å². The van der Waals surface area contributed by atoms with Crippen LogP contribution < -0.4 is 9.47 Å². The summed E-state index contributed by atoms with van der Waals surface area (Å²) < 4.78 is 10.1. The van der Waals surface area contributed by atoms with Crippen LogP contribution in [0.4, 0.5) is 0 Å². The summed E-state index contributed by atoms with van der Waals surface area (Å²) in [6.45, 7) is 1.89. The lowest BCUT2D eigenvalue weighted by Crippen LogP contribution is -2.11. The molecule has 0 aromatic carbocycles. The third-order valence-corrected chi connectivity index (χ3v) is 1.37. The van der Waals surface area contributed by atoms with Crippen molar-refractivity contribution in [2.45, 2.75) is 6.92 Å². The summed E-state index contributed by atoms with van der Waals surface area (Å²) in [5.41, 5.74) is 0. The van der Waals surface area contributed by atoms with Gasteiger partial charge in [0, 0.05) is 6.20 Å². The molecule has 5 heteroatoms. The fourth-order valence-corrected chi connectivity index (χ4v) is 0.880. The number of aliphatic carboxylic acids is 1. The van der Waals surface area contributed by atoms with Crippen LogP contribution in [0.25, 0.3) is 0 Å². The van der Waals surface area contributed by atoms with Crippen LogP contribution >= 0.6 is 0 Å². The van der Waals surface area contributed by atoms with Gasteiger partial charge in [-0.15, -0.1) is 0 Å². The molecule has 1 N–H and O–H groups in total. The fourth-order valence-electron chi connectivity index (χ4n) is 0.880. The monoisotopic (exact) mass is 197 g/mol. The number of hydrogen-bond donors (Lipinski definition) is 1. The molecule has 0 amide bonds. The Labute approximate surface area is 81.3 Å². The quantitative estimate of drug-likeness (QED) is 0.760. The Balaban J connectivity index is 2.68. The molecule has 1 rings (SSSR count). The van der Waals surface area contributed by atoms with Crippen molar-refractivity contribution in [1.29, 1.82) is 0 Å². The van der Waals surface area contributed by atoms with Gasteiger partial charge in [0.1, 0.15) is 0 Å². The molecular weight excluding hydrogens is 186 g/mol. The van der Waals surface area contributed by atoms with E-state index in [4.69, 9.17) is 14.6 Å². The number of aromatic nitrogens is 1. The second-order valence-corrected chi connectivity index (χ2v) is 2.42. The molecule has 0 aliphatic carbocycles. The molecule has 1 aromatic heterocycles. The van der Waals surface area contributed by atoms with Crippen molar-refractivity contribution < 1.29 is 19.4 Å². The maximum atomic E-state index is 10.2. The molecule has 0 fully saturated rings. The van der Waals surface area contributed by atoms with Crippen LogP contribution in [-0.2, 0) is 4.79 Å². The zero-order chi connectivity index (χ0) is 10.4. The number of hydrogen-bond acceptors (Lipinski definition) is 4. The van der Waals surface area contributed by atoms with Crippen LogP contribution in [-0.4, -0.2) is 29.3 Å². The molecule has 76 valence electrons. The Kier molecular flexibility index (Phi) is 3.72. The van der Waals surface area contributed by atoms with Crippen molar-refractivity contribution in [3.63, 3.8) is 0 Å². The van der Waals surface area contributed by atoms with Crippen molar-refractivity contribution in [1.82, 2.24) is 4.98 Å². The zero-order valence-electron chi connectivity index (χ0n) is 7.77. The molecule has 5 nitrogen and oxygen atoms in total. The highest BCUT2D eigenvalue weighted by Crippen LogP contribution is 2.22. The highest BCUT2D eigenvalue weighted by Gasteiger charge is 2.06. The van der Waals surface area contributed by atoms with Crippen molar-refractivity contribution in [2.24, 2.45) is 0 Å². The normalized spacial score (nSPS) is 9.50. The Morgan fingerprint density at radius 2 is 2.36 bits per heavy atom. The molecule has 0 aliphatic rings. The van der Waals surface area contributed by atoms with Crippen LogP contribution in [0.5, 0.6) is 11.6 Å². The van der Waals surface area contributed by atoms with Crippen molar-refractivity contribution >= 4 is 5.97 Å². The zero-order valence-corrected chi connectivity index (χ0v) is 7.77. The van der Waals surface area contributed by atoms with Gasteiger partial charge >= 0.3 is 5.97 Å². The molecule has 0 atom stereocenters. The number of pyridine rings is 1. The maximum absolute atomic E-state index is 10.2.